The lowest BCUT2D eigenvalue weighted by molar-refractivity contribution is -0.386. The number of rotatable bonds is 5. The number of hydrogen-bond donors (Lipinski definition) is 3. The van der Waals surface area contributed by atoms with E-state index in [2.05, 4.69) is 0 Å². The third-order valence-corrected chi connectivity index (χ3v) is 3.06. The molecular formula is C10H9Cl2NO6. The molecule has 0 fully saturated rings. The molecule has 0 bridgehead atoms. The molecule has 0 amide bonds. The van der Waals surface area contributed by atoms with Crippen molar-refractivity contribution < 1.29 is 25.0 Å². The van der Waals surface area contributed by atoms with Crippen molar-refractivity contribution in [2.45, 2.75) is 18.6 Å². The first-order valence-corrected chi connectivity index (χ1v) is 5.71. The minimum Gasteiger partial charge on any atom is -0.481 e. The van der Waals surface area contributed by atoms with Gasteiger partial charge in [0.2, 0.25) is 0 Å². The predicted molar refractivity (Wildman–Crippen MR) is 66.3 cm³/mol. The molecule has 1 rings (SSSR count). The summed E-state index contributed by atoms with van der Waals surface area (Å²) >= 11 is 11.3. The summed E-state index contributed by atoms with van der Waals surface area (Å²) in [4.78, 5) is 20.5. The highest BCUT2D eigenvalue weighted by Gasteiger charge is 2.29. The Hall–Kier alpha value is -1.41. The van der Waals surface area contributed by atoms with Gasteiger partial charge in [0.15, 0.2) is 0 Å². The number of benzene rings is 1. The summed E-state index contributed by atoms with van der Waals surface area (Å²) in [6, 6.07) is 1.95. The fraction of sp³-hybridized carbons (Fsp3) is 0.300. The van der Waals surface area contributed by atoms with Crippen molar-refractivity contribution in [2.24, 2.45) is 0 Å². The highest BCUT2D eigenvalue weighted by molar-refractivity contribution is 6.42. The van der Waals surface area contributed by atoms with Gasteiger partial charge in [-0.15, -0.1) is 0 Å². The van der Waals surface area contributed by atoms with Crippen LogP contribution in [0.3, 0.4) is 0 Å². The molecule has 0 saturated heterocycles. The van der Waals surface area contributed by atoms with Gasteiger partial charge in [-0.05, 0) is 6.07 Å². The zero-order chi connectivity index (χ0) is 14.7. The Morgan fingerprint density at radius 2 is 1.84 bits per heavy atom. The lowest BCUT2D eigenvalue weighted by atomic mass is 10.0. The molecular weight excluding hydrogens is 301 g/mol. The molecule has 104 valence electrons. The Labute approximate surface area is 117 Å². The molecule has 0 aliphatic carbocycles. The topological polar surface area (TPSA) is 121 Å². The summed E-state index contributed by atoms with van der Waals surface area (Å²) in [7, 11) is 0. The quantitative estimate of drug-likeness (QED) is 0.563. The number of carboxylic acids is 1. The summed E-state index contributed by atoms with van der Waals surface area (Å²) < 4.78 is 0. The molecule has 0 aliphatic heterocycles. The van der Waals surface area contributed by atoms with Crippen LogP contribution in [0.5, 0.6) is 0 Å². The molecule has 9 heteroatoms. The molecule has 0 aliphatic rings. The maximum Gasteiger partial charge on any atom is 0.306 e. The number of nitro groups is 1. The molecule has 0 heterocycles. The van der Waals surface area contributed by atoms with Crippen molar-refractivity contribution in [1.29, 1.82) is 0 Å². The standard InChI is InChI=1S/C10H9Cl2NO6/c11-5-1-4(7(13(18)19)2-6(5)12)10(17)8(14)3-9(15)16/h1-2,8,10,14,17H,3H2,(H,15,16). The van der Waals surface area contributed by atoms with Crippen molar-refractivity contribution in [2.75, 3.05) is 0 Å². The molecule has 0 aromatic heterocycles. The second-order valence-corrected chi connectivity index (χ2v) is 4.51. The third-order valence-electron chi connectivity index (χ3n) is 2.33. The highest BCUT2D eigenvalue weighted by Crippen LogP contribution is 2.35. The van der Waals surface area contributed by atoms with Crippen molar-refractivity contribution in [3.8, 4) is 0 Å². The molecule has 1 aromatic carbocycles. The Balaban J connectivity index is 3.21. The average Bonchev–Trinajstić information content (AvgIpc) is 2.29. The molecule has 7 nitrogen and oxygen atoms in total. The minimum absolute atomic E-state index is 0.0520. The monoisotopic (exact) mass is 309 g/mol. The van der Waals surface area contributed by atoms with Gasteiger partial charge < -0.3 is 15.3 Å². The third kappa shape index (κ3) is 3.77. The van der Waals surface area contributed by atoms with E-state index in [1.54, 1.807) is 0 Å². The second-order valence-electron chi connectivity index (χ2n) is 3.69. The van der Waals surface area contributed by atoms with Crippen LogP contribution in [0.2, 0.25) is 10.0 Å². The van der Waals surface area contributed by atoms with Crippen LogP contribution >= 0.6 is 23.2 Å². The van der Waals surface area contributed by atoms with Crippen LogP contribution < -0.4 is 0 Å². The number of aliphatic hydroxyl groups is 2. The minimum atomic E-state index is -1.76. The van der Waals surface area contributed by atoms with Crippen molar-refractivity contribution in [1.82, 2.24) is 0 Å². The molecule has 2 unspecified atom stereocenters. The van der Waals surface area contributed by atoms with E-state index in [0.717, 1.165) is 12.1 Å². The Kier molecular flexibility index (Phi) is 5.07. The van der Waals surface area contributed by atoms with Gasteiger partial charge in [-0.3, -0.25) is 14.9 Å². The van der Waals surface area contributed by atoms with E-state index >= 15 is 0 Å². The normalized spacial score (nSPS) is 13.9. The fourth-order valence-corrected chi connectivity index (χ4v) is 1.77. The van der Waals surface area contributed by atoms with E-state index in [9.17, 15) is 25.1 Å². The fourth-order valence-electron chi connectivity index (χ4n) is 1.44. The van der Waals surface area contributed by atoms with Crippen LogP contribution in [0.25, 0.3) is 0 Å². The maximum absolute atomic E-state index is 10.8. The summed E-state index contributed by atoms with van der Waals surface area (Å²) in [6.45, 7) is 0. The number of hydrogen-bond acceptors (Lipinski definition) is 5. The van der Waals surface area contributed by atoms with Gasteiger partial charge in [0.25, 0.3) is 5.69 Å². The first kappa shape index (κ1) is 15.6. The molecule has 0 spiro atoms. The number of aliphatic carboxylic acids is 1. The van der Waals surface area contributed by atoms with E-state index in [4.69, 9.17) is 28.3 Å². The number of halogens is 2. The smallest absolute Gasteiger partial charge is 0.306 e. The number of carbonyl (C=O) groups is 1. The Bertz CT molecular complexity index is 521. The van der Waals surface area contributed by atoms with Crippen molar-refractivity contribution in [3.63, 3.8) is 0 Å². The average molecular weight is 310 g/mol. The van der Waals surface area contributed by atoms with E-state index in [1.165, 1.54) is 0 Å². The lowest BCUT2D eigenvalue weighted by Crippen LogP contribution is -2.22. The van der Waals surface area contributed by atoms with Gasteiger partial charge in [0, 0.05) is 6.07 Å². The molecule has 1 aromatic rings. The molecule has 0 saturated carbocycles. The zero-order valence-corrected chi connectivity index (χ0v) is 10.8. The Morgan fingerprint density at radius 3 is 2.32 bits per heavy atom. The van der Waals surface area contributed by atoms with E-state index in [1.807, 2.05) is 0 Å². The van der Waals surface area contributed by atoms with Gasteiger partial charge in [-0.2, -0.15) is 0 Å². The largest absolute Gasteiger partial charge is 0.481 e. The second kappa shape index (κ2) is 6.16. The van der Waals surface area contributed by atoms with Gasteiger partial charge in [0.05, 0.1) is 33.1 Å². The molecule has 0 radical (unpaired) electrons. The number of nitrogens with zero attached hydrogens (tertiary/aromatic N) is 1. The predicted octanol–water partition coefficient (Wildman–Crippen LogP) is 1.77. The van der Waals surface area contributed by atoms with Gasteiger partial charge in [-0.1, -0.05) is 23.2 Å². The van der Waals surface area contributed by atoms with Crippen LogP contribution in [0, 0.1) is 10.1 Å². The van der Waals surface area contributed by atoms with E-state index < -0.39 is 35.2 Å². The van der Waals surface area contributed by atoms with Gasteiger partial charge in [0.1, 0.15) is 6.10 Å². The zero-order valence-electron chi connectivity index (χ0n) is 9.29. The van der Waals surface area contributed by atoms with Gasteiger partial charge in [-0.25, -0.2) is 0 Å². The number of aliphatic hydroxyl groups excluding tert-OH is 2. The van der Waals surface area contributed by atoms with E-state index in [-0.39, 0.29) is 15.6 Å². The van der Waals surface area contributed by atoms with Crippen LogP contribution in [0.1, 0.15) is 18.1 Å². The van der Waals surface area contributed by atoms with Crippen molar-refractivity contribution >= 4 is 34.9 Å². The lowest BCUT2D eigenvalue weighted by Gasteiger charge is -2.17. The van der Waals surface area contributed by atoms with Crippen LogP contribution in [-0.2, 0) is 4.79 Å². The van der Waals surface area contributed by atoms with E-state index in [0.29, 0.717) is 0 Å². The Morgan fingerprint density at radius 1 is 1.32 bits per heavy atom. The van der Waals surface area contributed by atoms with Crippen LogP contribution in [-0.4, -0.2) is 32.3 Å². The summed E-state index contributed by atoms with van der Waals surface area (Å²) in [5.41, 5.74) is -0.848. The van der Waals surface area contributed by atoms with Crippen molar-refractivity contribution in [3.05, 3.63) is 37.9 Å². The van der Waals surface area contributed by atoms with Crippen LogP contribution in [0.15, 0.2) is 12.1 Å². The van der Waals surface area contributed by atoms with Gasteiger partial charge >= 0.3 is 5.97 Å². The highest BCUT2D eigenvalue weighted by atomic mass is 35.5. The van der Waals surface area contributed by atoms with Crippen LogP contribution in [0.4, 0.5) is 5.69 Å². The number of carboxylic acid groups (broad SMARTS) is 1. The summed E-state index contributed by atoms with van der Waals surface area (Å²) in [5.74, 6) is -1.35. The first-order valence-electron chi connectivity index (χ1n) is 4.95. The molecule has 3 N–H and O–H groups in total. The first-order chi connectivity index (χ1) is 8.73. The maximum atomic E-state index is 10.8. The summed E-state index contributed by atoms with van der Waals surface area (Å²) in [6.07, 6.45) is -4.22. The SMILES string of the molecule is O=C(O)CC(O)C(O)c1cc(Cl)c(Cl)cc1[N+](=O)[O-]. The summed E-state index contributed by atoms with van der Waals surface area (Å²) in [5, 5.41) is 38.4. The number of nitro benzene ring substituents is 1. The molecule has 2 atom stereocenters. The molecule has 19 heavy (non-hydrogen) atoms.